The number of hydrogen-bond donors (Lipinski definition) is 6. The third kappa shape index (κ3) is 15.3. The van der Waals surface area contributed by atoms with Gasteiger partial charge >= 0.3 is 0 Å². The Kier molecular flexibility index (Phi) is 17.1. The predicted molar refractivity (Wildman–Crippen MR) is 166 cm³/mol. The van der Waals surface area contributed by atoms with Crippen molar-refractivity contribution >= 4 is 27.7 Å². The van der Waals surface area contributed by atoms with Crippen LogP contribution in [-0.2, 0) is 53.6 Å². The zero-order chi connectivity index (χ0) is 33.1. The Morgan fingerprint density at radius 3 is 2.22 bits per heavy atom. The molecule has 0 aromatic heterocycles. The van der Waals surface area contributed by atoms with Crippen LogP contribution in [0.5, 0.6) is 5.75 Å². The van der Waals surface area contributed by atoms with E-state index < -0.39 is 39.8 Å². The summed E-state index contributed by atoms with van der Waals surface area (Å²) in [4.78, 5) is 48.0. The van der Waals surface area contributed by atoms with Crippen LogP contribution < -0.4 is 25.4 Å². The average molecular weight is 653 g/mol. The van der Waals surface area contributed by atoms with Crippen LogP contribution in [0.1, 0.15) is 49.3 Å². The molecule has 2 rings (SSSR count). The highest BCUT2D eigenvalue weighted by Crippen LogP contribution is 2.22. The molecule has 0 aliphatic heterocycles. The van der Waals surface area contributed by atoms with E-state index in [0.717, 1.165) is 31.1 Å². The highest BCUT2D eigenvalue weighted by atomic mass is 32.2. The topological polar surface area (TPSA) is 202 Å². The van der Waals surface area contributed by atoms with Crippen LogP contribution in [0.25, 0.3) is 0 Å². The van der Waals surface area contributed by atoms with Crippen LogP contribution >= 0.6 is 0 Å². The van der Waals surface area contributed by atoms with Gasteiger partial charge in [0.1, 0.15) is 37.7 Å². The smallest absolute Gasteiger partial charge is 0.243 e. The number of benzene rings is 2. The summed E-state index contributed by atoms with van der Waals surface area (Å²) in [6.45, 7) is 2.05. The van der Waals surface area contributed by atoms with Gasteiger partial charge in [0.2, 0.25) is 27.7 Å². The van der Waals surface area contributed by atoms with Crippen molar-refractivity contribution in [1.82, 2.24) is 20.7 Å². The van der Waals surface area contributed by atoms with Gasteiger partial charge in [-0.3, -0.25) is 24.9 Å². The molecule has 0 fully saturated rings. The van der Waals surface area contributed by atoms with Crippen molar-refractivity contribution in [3.63, 3.8) is 0 Å². The molecule has 2 unspecified atom stereocenters. The lowest BCUT2D eigenvalue weighted by molar-refractivity contribution is -0.253. The highest BCUT2D eigenvalue weighted by molar-refractivity contribution is 7.88. The Morgan fingerprint density at radius 2 is 1.56 bits per heavy atom. The highest BCUT2D eigenvalue weighted by Gasteiger charge is 2.27. The lowest BCUT2D eigenvalue weighted by Gasteiger charge is -2.24. The van der Waals surface area contributed by atoms with Crippen LogP contribution in [0, 0.1) is 0 Å². The van der Waals surface area contributed by atoms with Crippen molar-refractivity contribution in [1.29, 1.82) is 0 Å². The molecule has 45 heavy (non-hydrogen) atoms. The number of carbonyl (C=O) groups is 3. The molecule has 0 saturated heterocycles. The number of unbranched alkanes of at least 4 members (excludes halogenated alkanes) is 2. The molecule has 250 valence electrons. The first-order chi connectivity index (χ1) is 21.6. The van der Waals surface area contributed by atoms with Crippen LogP contribution in [0.3, 0.4) is 0 Å². The molecule has 3 amide bonds. The maximum Gasteiger partial charge on any atom is 0.243 e. The van der Waals surface area contributed by atoms with Gasteiger partial charge in [-0.1, -0.05) is 56.2 Å². The Morgan fingerprint density at radius 1 is 0.844 bits per heavy atom. The van der Waals surface area contributed by atoms with E-state index >= 15 is 0 Å². The third-order valence-corrected chi connectivity index (χ3v) is 7.31. The molecule has 0 bridgehead atoms. The van der Waals surface area contributed by atoms with E-state index in [-0.39, 0.29) is 45.6 Å². The van der Waals surface area contributed by atoms with E-state index in [0.29, 0.717) is 23.4 Å². The molecular formula is C30H44N4O10S. The zero-order valence-corrected chi connectivity index (χ0v) is 26.4. The maximum absolute atomic E-state index is 13.6. The molecule has 2 aromatic rings. The molecule has 2 aromatic carbocycles. The van der Waals surface area contributed by atoms with E-state index in [9.17, 15) is 22.8 Å². The van der Waals surface area contributed by atoms with Crippen molar-refractivity contribution in [3.8, 4) is 5.75 Å². The fraction of sp³-hybridized carbons (Fsp3) is 0.500. The molecule has 0 spiro atoms. The minimum Gasteiger partial charge on any atom is -0.491 e. The molecular weight excluding hydrogens is 608 g/mol. The maximum atomic E-state index is 13.6. The number of rotatable bonds is 22. The first-order valence-corrected chi connectivity index (χ1v) is 16.6. The second kappa shape index (κ2) is 20.4. The van der Waals surface area contributed by atoms with Crippen LogP contribution in [-0.4, -0.2) is 81.3 Å². The Balaban J connectivity index is 2.28. The summed E-state index contributed by atoms with van der Waals surface area (Å²) >= 11 is 0. The largest absolute Gasteiger partial charge is 0.491 e. The Hall–Kier alpha value is -3.60. The molecule has 0 saturated carbocycles. The van der Waals surface area contributed by atoms with Gasteiger partial charge in [0, 0.05) is 37.9 Å². The minimum atomic E-state index is -3.49. The van der Waals surface area contributed by atoms with Gasteiger partial charge in [-0.2, -0.15) is 0 Å². The summed E-state index contributed by atoms with van der Waals surface area (Å²) in [6, 6.07) is 11.9. The molecule has 0 aliphatic carbocycles. The van der Waals surface area contributed by atoms with E-state index in [1.165, 1.54) is 0 Å². The lowest BCUT2D eigenvalue weighted by atomic mass is 10.0. The predicted octanol–water partition coefficient (Wildman–Crippen LogP) is 1.55. The van der Waals surface area contributed by atoms with Crippen molar-refractivity contribution < 1.29 is 47.8 Å². The monoisotopic (exact) mass is 652 g/mol. The van der Waals surface area contributed by atoms with Gasteiger partial charge in [0.05, 0.1) is 6.26 Å². The van der Waals surface area contributed by atoms with Crippen molar-refractivity contribution in [2.24, 2.45) is 0 Å². The first-order valence-electron chi connectivity index (χ1n) is 14.7. The summed E-state index contributed by atoms with van der Waals surface area (Å²) < 4.78 is 30.6. The van der Waals surface area contributed by atoms with Gasteiger partial charge in [-0.25, -0.2) is 22.9 Å². The molecule has 14 nitrogen and oxygen atoms in total. The van der Waals surface area contributed by atoms with E-state index in [1.807, 2.05) is 13.0 Å². The molecule has 15 heteroatoms. The number of hydrogen-bond acceptors (Lipinski definition) is 10. The normalized spacial score (nSPS) is 12.6. The van der Waals surface area contributed by atoms with Crippen LogP contribution in [0.2, 0.25) is 0 Å². The van der Waals surface area contributed by atoms with Gasteiger partial charge < -0.3 is 20.7 Å². The third-order valence-electron chi connectivity index (χ3n) is 6.58. The number of sulfonamides is 1. The summed E-state index contributed by atoms with van der Waals surface area (Å²) in [5, 5.41) is 25.9. The van der Waals surface area contributed by atoms with Gasteiger partial charge in [-0.15, -0.1) is 0 Å². The second-order valence-electron chi connectivity index (χ2n) is 10.4. The SMILES string of the molecule is CCCCCNC(=O)C(Cc1ccc(OCCOO)c(COO)c1)NC(=O)C(Cc1ccccc1)NC(=O)CCNS(C)(=O)=O. The number of nitrogens with one attached hydrogen (secondary N) is 4. The van der Waals surface area contributed by atoms with Crippen LogP contribution in [0.4, 0.5) is 0 Å². The number of carbonyl (C=O) groups excluding carboxylic acids is 3. The van der Waals surface area contributed by atoms with Gasteiger partial charge in [-0.05, 0) is 29.7 Å². The second-order valence-corrected chi connectivity index (χ2v) is 12.2. The number of amides is 3. The zero-order valence-electron chi connectivity index (χ0n) is 25.6. The minimum absolute atomic E-state index is 0.0337. The fourth-order valence-electron chi connectivity index (χ4n) is 4.37. The van der Waals surface area contributed by atoms with E-state index in [2.05, 4.69) is 30.4 Å². The van der Waals surface area contributed by atoms with Gasteiger partial charge in [0.15, 0.2) is 0 Å². The Bertz CT molecular complexity index is 1310. The summed E-state index contributed by atoms with van der Waals surface area (Å²) in [7, 11) is -3.49. The molecule has 0 heterocycles. The van der Waals surface area contributed by atoms with Crippen molar-refractivity contribution in [3.05, 3.63) is 65.2 Å². The molecule has 6 N–H and O–H groups in total. The van der Waals surface area contributed by atoms with Gasteiger partial charge in [0.25, 0.3) is 0 Å². The quantitative estimate of drug-likeness (QED) is 0.0616. The summed E-state index contributed by atoms with van der Waals surface area (Å²) in [5.74, 6) is -1.19. The first kappa shape index (κ1) is 37.6. The lowest BCUT2D eigenvalue weighted by Crippen LogP contribution is -2.55. The van der Waals surface area contributed by atoms with Crippen LogP contribution in [0.15, 0.2) is 48.5 Å². The summed E-state index contributed by atoms with van der Waals surface area (Å²) in [5.41, 5.74) is 1.85. The van der Waals surface area contributed by atoms with E-state index in [4.69, 9.17) is 15.3 Å². The van der Waals surface area contributed by atoms with E-state index in [1.54, 1.807) is 42.5 Å². The average Bonchev–Trinajstić information content (AvgIpc) is 2.99. The standard InChI is InChI=1S/C30H44N4O10S/c1-3-4-8-14-31-29(36)25(20-23-11-12-27(42-16-17-43-38)24(18-23)21-44-39)34-30(37)26(19-22-9-6-5-7-10-22)33-28(35)13-15-32-45(2,40)41/h5-7,9-12,18,25-26,32,38-39H,3-4,8,13-17,19-21H2,1-2H3,(H,31,36)(H,33,35)(H,34,37). The van der Waals surface area contributed by atoms with Crippen molar-refractivity contribution in [2.75, 3.05) is 32.6 Å². The van der Waals surface area contributed by atoms with Crippen molar-refractivity contribution in [2.45, 2.75) is 64.1 Å². The molecule has 0 aliphatic rings. The fourth-order valence-corrected chi connectivity index (χ4v) is 4.85. The number of ether oxygens (including phenoxy) is 1. The Labute approximate surface area is 263 Å². The molecule has 2 atom stereocenters. The summed E-state index contributed by atoms with van der Waals surface area (Å²) in [6.07, 6.45) is 3.63. The molecule has 0 radical (unpaired) electrons.